The van der Waals surface area contributed by atoms with Gasteiger partial charge in [-0.05, 0) is 31.5 Å². The second kappa shape index (κ2) is 6.73. The molecule has 0 spiro atoms. The topological polar surface area (TPSA) is 52.0 Å². The van der Waals surface area contributed by atoms with Crippen molar-refractivity contribution < 1.29 is 13.2 Å². The molecule has 1 atom stereocenters. The van der Waals surface area contributed by atoms with Crippen LogP contribution in [0.5, 0.6) is 0 Å². The molecule has 4 N–H and O–H groups in total. The summed E-state index contributed by atoms with van der Waals surface area (Å²) in [6, 6.07) is 0.754. The Balaban J connectivity index is 0.00000225. The van der Waals surface area contributed by atoms with Crippen molar-refractivity contribution in [2.45, 2.75) is 18.9 Å². The van der Waals surface area contributed by atoms with Crippen LogP contribution in [0.1, 0.15) is 24.4 Å². The minimum Gasteiger partial charge on any atom is -0.330 e. The zero-order chi connectivity index (χ0) is 11.4. The van der Waals surface area contributed by atoms with E-state index in [4.69, 9.17) is 11.5 Å². The first-order valence-electron chi connectivity index (χ1n) is 4.67. The van der Waals surface area contributed by atoms with Gasteiger partial charge in [0, 0.05) is 11.6 Å². The summed E-state index contributed by atoms with van der Waals surface area (Å²) in [5.74, 6) is -3.12. The maximum absolute atomic E-state index is 13.2. The van der Waals surface area contributed by atoms with Gasteiger partial charge >= 0.3 is 0 Å². The summed E-state index contributed by atoms with van der Waals surface area (Å²) in [7, 11) is 0. The summed E-state index contributed by atoms with van der Waals surface area (Å²) < 4.78 is 39.2. The molecule has 1 aromatic rings. The highest BCUT2D eigenvalue weighted by Crippen LogP contribution is 2.24. The van der Waals surface area contributed by atoms with E-state index in [1.165, 1.54) is 0 Å². The van der Waals surface area contributed by atoms with Crippen LogP contribution in [0.3, 0.4) is 0 Å². The SMILES string of the molecule is Cl.NCCC[C@@H](N)c1c(F)ccc(F)c1F. The van der Waals surface area contributed by atoms with Gasteiger partial charge in [-0.3, -0.25) is 0 Å². The van der Waals surface area contributed by atoms with Crippen LogP contribution in [0, 0.1) is 17.5 Å². The molecule has 16 heavy (non-hydrogen) atoms. The minimum atomic E-state index is -1.21. The monoisotopic (exact) mass is 254 g/mol. The van der Waals surface area contributed by atoms with Gasteiger partial charge in [0.05, 0.1) is 0 Å². The van der Waals surface area contributed by atoms with Gasteiger partial charge in [0.15, 0.2) is 11.6 Å². The standard InChI is InChI=1S/C10H13F3N2.ClH/c11-6-3-4-7(12)10(13)9(6)8(15)2-1-5-14;/h3-4,8H,1-2,5,14-15H2;1H/t8-;/m1./s1. The third-order valence-corrected chi connectivity index (χ3v) is 2.17. The van der Waals surface area contributed by atoms with E-state index in [0.29, 0.717) is 19.4 Å². The van der Waals surface area contributed by atoms with Gasteiger partial charge in [0.2, 0.25) is 0 Å². The van der Waals surface area contributed by atoms with E-state index in [1.807, 2.05) is 0 Å². The zero-order valence-corrected chi connectivity index (χ0v) is 9.37. The van der Waals surface area contributed by atoms with Crippen molar-refractivity contribution in [1.82, 2.24) is 0 Å². The normalized spacial score (nSPS) is 12.1. The van der Waals surface area contributed by atoms with Crippen LogP contribution in [0.15, 0.2) is 12.1 Å². The van der Waals surface area contributed by atoms with Gasteiger partial charge in [-0.1, -0.05) is 0 Å². The molecule has 0 bridgehead atoms. The lowest BCUT2D eigenvalue weighted by Crippen LogP contribution is -2.16. The Hall–Kier alpha value is -0.780. The third-order valence-electron chi connectivity index (χ3n) is 2.17. The van der Waals surface area contributed by atoms with Crippen molar-refractivity contribution in [2.24, 2.45) is 11.5 Å². The van der Waals surface area contributed by atoms with Crippen molar-refractivity contribution in [3.05, 3.63) is 35.1 Å². The third kappa shape index (κ3) is 3.37. The maximum Gasteiger partial charge on any atom is 0.166 e. The first-order valence-corrected chi connectivity index (χ1v) is 4.67. The quantitative estimate of drug-likeness (QED) is 0.810. The first-order chi connectivity index (χ1) is 7.07. The van der Waals surface area contributed by atoms with Crippen LogP contribution >= 0.6 is 12.4 Å². The molecule has 1 rings (SSSR count). The lowest BCUT2D eigenvalue weighted by atomic mass is 10.0. The van der Waals surface area contributed by atoms with Gasteiger partial charge in [0.25, 0.3) is 0 Å². The average Bonchev–Trinajstić information content (AvgIpc) is 2.21. The molecule has 0 amide bonds. The molecule has 0 heterocycles. The Bertz CT molecular complexity index is 347. The fourth-order valence-corrected chi connectivity index (χ4v) is 1.36. The molecular weight excluding hydrogens is 241 g/mol. The minimum absolute atomic E-state index is 0. The number of nitrogens with two attached hydrogens (primary N) is 2. The predicted octanol–water partition coefficient (Wildman–Crippen LogP) is 2.26. The molecule has 1 aromatic carbocycles. The van der Waals surface area contributed by atoms with Crippen LogP contribution in [0.4, 0.5) is 13.2 Å². The largest absolute Gasteiger partial charge is 0.330 e. The molecule has 0 aliphatic carbocycles. The molecule has 6 heteroatoms. The highest BCUT2D eigenvalue weighted by Gasteiger charge is 2.19. The van der Waals surface area contributed by atoms with Gasteiger partial charge in [0.1, 0.15) is 5.82 Å². The van der Waals surface area contributed by atoms with Gasteiger partial charge in [-0.2, -0.15) is 0 Å². The maximum atomic E-state index is 13.2. The molecule has 0 aliphatic rings. The molecule has 2 nitrogen and oxygen atoms in total. The van der Waals surface area contributed by atoms with E-state index in [1.54, 1.807) is 0 Å². The number of rotatable bonds is 4. The summed E-state index contributed by atoms with van der Waals surface area (Å²) in [4.78, 5) is 0. The highest BCUT2D eigenvalue weighted by molar-refractivity contribution is 5.85. The van der Waals surface area contributed by atoms with Crippen LogP contribution in [-0.2, 0) is 0 Å². The van der Waals surface area contributed by atoms with E-state index < -0.39 is 29.1 Å². The number of benzene rings is 1. The Kier molecular flexibility index (Phi) is 6.40. The predicted molar refractivity (Wildman–Crippen MR) is 58.8 cm³/mol. The van der Waals surface area contributed by atoms with Crippen molar-refractivity contribution in [2.75, 3.05) is 6.54 Å². The molecule has 92 valence electrons. The lowest BCUT2D eigenvalue weighted by Gasteiger charge is -2.13. The highest BCUT2D eigenvalue weighted by atomic mass is 35.5. The van der Waals surface area contributed by atoms with Crippen molar-refractivity contribution in [3.8, 4) is 0 Å². The van der Waals surface area contributed by atoms with Crippen molar-refractivity contribution >= 4 is 12.4 Å². The van der Waals surface area contributed by atoms with Gasteiger partial charge in [-0.25, -0.2) is 13.2 Å². The lowest BCUT2D eigenvalue weighted by molar-refractivity contribution is 0.456. The van der Waals surface area contributed by atoms with Crippen LogP contribution in [0.2, 0.25) is 0 Å². The zero-order valence-electron chi connectivity index (χ0n) is 8.55. The van der Waals surface area contributed by atoms with E-state index in [0.717, 1.165) is 12.1 Å². The summed E-state index contributed by atoms with van der Waals surface area (Å²) >= 11 is 0. The smallest absolute Gasteiger partial charge is 0.166 e. The summed E-state index contributed by atoms with van der Waals surface area (Å²) in [6.07, 6.45) is 0.865. The second-order valence-corrected chi connectivity index (χ2v) is 3.29. The van der Waals surface area contributed by atoms with E-state index >= 15 is 0 Å². The summed E-state index contributed by atoms with van der Waals surface area (Å²) in [5.41, 5.74) is 10.4. The van der Waals surface area contributed by atoms with Crippen molar-refractivity contribution in [3.63, 3.8) is 0 Å². The van der Waals surface area contributed by atoms with E-state index in [9.17, 15) is 13.2 Å². The molecule has 0 fully saturated rings. The fraction of sp³-hybridized carbons (Fsp3) is 0.400. The number of halogens is 4. The van der Waals surface area contributed by atoms with Crippen LogP contribution < -0.4 is 11.5 Å². The molecule has 0 saturated carbocycles. The Labute approximate surface area is 98.2 Å². The molecule has 0 unspecified atom stereocenters. The number of hydrogen-bond acceptors (Lipinski definition) is 2. The molecule has 0 radical (unpaired) electrons. The van der Waals surface area contributed by atoms with Crippen molar-refractivity contribution in [1.29, 1.82) is 0 Å². The molecule has 0 saturated heterocycles. The second-order valence-electron chi connectivity index (χ2n) is 3.29. The van der Waals surface area contributed by atoms with Gasteiger partial charge < -0.3 is 11.5 Å². The fourth-order valence-electron chi connectivity index (χ4n) is 1.36. The Morgan fingerprint density at radius 1 is 1.12 bits per heavy atom. The summed E-state index contributed by atoms with van der Waals surface area (Å²) in [5, 5.41) is 0. The van der Waals surface area contributed by atoms with Crippen LogP contribution in [-0.4, -0.2) is 6.54 Å². The van der Waals surface area contributed by atoms with E-state index in [-0.39, 0.29) is 12.4 Å². The van der Waals surface area contributed by atoms with Crippen LogP contribution in [0.25, 0.3) is 0 Å². The van der Waals surface area contributed by atoms with E-state index in [2.05, 4.69) is 0 Å². The average molecular weight is 255 g/mol. The number of hydrogen-bond donors (Lipinski definition) is 2. The summed E-state index contributed by atoms with van der Waals surface area (Å²) in [6.45, 7) is 0.381. The van der Waals surface area contributed by atoms with Gasteiger partial charge in [-0.15, -0.1) is 12.4 Å². The first kappa shape index (κ1) is 15.2. The molecular formula is C10H14ClF3N2. The molecule has 0 aliphatic heterocycles. The molecule has 0 aromatic heterocycles. The Morgan fingerprint density at radius 2 is 1.69 bits per heavy atom. The Morgan fingerprint density at radius 3 is 2.25 bits per heavy atom.